The van der Waals surface area contributed by atoms with Crippen LogP contribution in [-0.2, 0) is 4.84 Å². The highest BCUT2D eigenvalue weighted by Gasteiger charge is 2.45. The van der Waals surface area contributed by atoms with Gasteiger partial charge in [0.15, 0.2) is 6.23 Å². The molecule has 8 heteroatoms. The second-order valence-corrected chi connectivity index (χ2v) is 3.12. The van der Waals surface area contributed by atoms with Crippen molar-refractivity contribution >= 4 is 12.0 Å². The van der Waals surface area contributed by atoms with E-state index in [1.165, 1.54) is 13.4 Å². The lowest BCUT2D eigenvalue weighted by molar-refractivity contribution is -0.111. The van der Waals surface area contributed by atoms with Crippen molar-refractivity contribution in [2.24, 2.45) is 0 Å². The van der Waals surface area contributed by atoms with Crippen molar-refractivity contribution in [2.75, 3.05) is 12.0 Å². The predicted octanol–water partition coefficient (Wildman–Crippen LogP) is -0.685. The Morgan fingerprint density at radius 2 is 2.40 bits per heavy atom. The number of urea groups is 1. The fourth-order valence-corrected chi connectivity index (χ4v) is 1.51. The van der Waals surface area contributed by atoms with Crippen molar-refractivity contribution in [2.45, 2.75) is 19.2 Å². The summed E-state index contributed by atoms with van der Waals surface area (Å²) in [6.45, 7) is 1.67. The Morgan fingerprint density at radius 3 is 2.87 bits per heavy atom. The maximum Gasteiger partial charge on any atom is 0.353 e. The lowest BCUT2D eigenvalue weighted by Gasteiger charge is -2.16. The van der Waals surface area contributed by atoms with Gasteiger partial charge in [0.25, 0.3) is 0 Å². The van der Waals surface area contributed by atoms with E-state index in [-0.39, 0.29) is 5.95 Å². The highest BCUT2D eigenvalue weighted by Crippen LogP contribution is 2.24. The van der Waals surface area contributed by atoms with Crippen molar-refractivity contribution in [3.63, 3.8) is 0 Å². The van der Waals surface area contributed by atoms with Crippen LogP contribution in [0.15, 0.2) is 6.33 Å². The molecule has 1 aromatic rings. The minimum atomic E-state index is -1.01. The van der Waals surface area contributed by atoms with Gasteiger partial charge in [-0.3, -0.25) is 4.84 Å². The van der Waals surface area contributed by atoms with E-state index in [1.54, 1.807) is 6.92 Å². The molecule has 0 spiro atoms. The number of aliphatic hydroxyl groups excluding tert-OH is 1. The Hall–Kier alpha value is -1.67. The van der Waals surface area contributed by atoms with Gasteiger partial charge >= 0.3 is 6.03 Å². The number of amides is 2. The summed E-state index contributed by atoms with van der Waals surface area (Å²) in [7, 11) is 1.37. The fraction of sp³-hybridized carbons (Fsp3) is 0.571. The SMILES string of the molecule is CON1C(=O)N(c2ncn[nH]2)C(O)C1C. The first-order chi connectivity index (χ1) is 7.16. The Labute approximate surface area is 85.4 Å². The maximum absolute atomic E-state index is 11.7. The van der Waals surface area contributed by atoms with Gasteiger partial charge in [0.1, 0.15) is 12.4 Å². The second kappa shape index (κ2) is 3.48. The predicted molar refractivity (Wildman–Crippen MR) is 48.6 cm³/mol. The van der Waals surface area contributed by atoms with Gasteiger partial charge in [-0.25, -0.2) is 14.8 Å². The number of nitrogens with zero attached hydrogens (tertiary/aromatic N) is 4. The molecule has 0 bridgehead atoms. The largest absolute Gasteiger partial charge is 0.371 e. The smallest absolute Gasteiger partial charge is 0.353 e. The van der Waals surface area contributed by atoms with E-state index in [2.05, 4.69) is 15.2 Å². The summed E-state index contributed by atoms with van der Waals surface area (Å²) in [4.78, 5) is 21.5. The molecule has 15 heavy (non-hydrogen) atoms. The van der Waals surface area contributed by atoms with Gasteiger partial charge in [-0.2, -0.15) is 15.1 Å². The number of carbonyl (C=O) groups excluding carboxylic acids is 1. The monoisotopic (exact) mass is 213 g/mol. The van der Waals surface area contributed by atoms with Gasteiger partial charge in [0.05, 0.1) is 7.11 Å². The lowest BCUT2D eigenvalue weighted by Crippen LogP contribution is -2.36. The van der Waals surface area contributed by atoms with E-state index in [0.29, 0.717) is 0 Å². The van der Waals surface area contributed by atoms with Crippen molar-refractivity contribution in [3.8, 4) is 0 Å². The molecule has 0 saturated carbocycles. The molecule has 2 amide bonds. The third kappa shape index (κ3) is 1.34. The normalized spacial score (nSPS) is 26.5. The van der Waals surface area contributed by atoms with Gasteiger partial charge < -0.3 is 5.11 Å². The molecule has 2 unspecified atom stereocenters. The van der Waals surface area contributed by atoms with Crippen LogP contribution in [0.3, 0.4) is 0 Å². The highest BCUT2D eigenvalue weighted by molar-refractivity contribution is 5.92. The third-order valence-corrected chi connectivity index (χ3v) is 2.29. The summed E-state index contributed by atoms with van der Waals surface area (Å²) < 4.78 is 0. The second-order valence-electron chi connectivity index (χ2n) is 3.12. The zero-order valence-electron chi connectivity index (χ0n) is 8.28. The van der Waals surface area contributed by atoms with E-state index in [0.717, 1.165) is 9.96 Å². The van der Waals surface area contributed by atoms with Crippen LogP contribution < -0.4 is 4.90 Å². The van der Waals surface area contributed by atoms with Crippen LogP contribution in [0.2, 0.25) is 0 Å². The molecule has 1 aromatic heterocycles. The topological polar surface area (TPSA) is 94.6 Å². The van der Waals surface area contributed by atoms with Crippen molar-refractivity contribution in [1.82, 2.24) is 20.2 Å². The number of hydroxylamine groups is 2. The number of aromatic amines is 1. The van der Waals surface area contributed by atoms with Crippen LogP contribution in [0.1, 0.15) is 6.92 Å². The number of H-pyrrole nitrogens is 1. The molecule has 2 N–H and O–H groups in total. The van der Waals surface area contributed by atoms with Crippen LogP contribution >= 0.6 is 0 Å². The van der Waals surface area contributed by atoms with Crippen LogP contribution in [0, 0.1) is 0 Å². The lowest BCUT2D eigenvalue weighted by atomic mass is 10.3. The number of rotatable bonds is 2. The van der Waals surface area contributed by atoms with Gasteiger partial charge in [-0.05, 0) is 6.92 Å². The number of aromatic nitrogens is 3. The summed E-state index contributed by atoms with van der Waals surface area (Å²) in [5.41, 5.74) is 0. The molecule has 1 aliphatic heterocycles. The quantitative estimate of drug-likeness (QED) is 0.678. The molecular weight excluding hydrogens is 202 g/mol. The summed E-state index contributed by atoms with van der Waals surface area (Å²) in [6.07, 6.45) is 0.250. The number of hydrogen-bond donors (Lipinski definition) is 2. The van der Waals surface area contributed by atoms with Crippen molar-refractivity contribution in [1.29, 1.82) is 0 Å². The van der Waals surface area contributed by atoms with Crippen molar-refractivity contribution in [3.05, 3.63) is 6.33 Å². The standard InChI is InChI=1S/C7H11N5O3/c1-4-5(13)11(6-8-3-9-10-6)7(14)12(4)15-2/h3-5,13H,1-2H3,(H,8,9,10). The molecule has 0 aliphatic carbocycles. The van der Waals surface area contributed by atoms with E-state index in [9.17, 15) is 9.90 Å². The summed E-state index contributed by atoms with van der Waals surface area (Å²) >= 11 is 0. The molecule has 1 saturated heterocycles. The Morgan fingerprint density at radius 1 is 1.67 bits per heavy atom. The highest BCUT2D eigenvalue weighted by atomic mass is 16.7. The zero-order chi connectivity index (χ0) is 11.0. The Kier molecular flexibility index (Phi) is 2.29. The minimum Gasteiger partial charge on any atom is -0.371 e. The van der Waals surface area contributed by atoms with Gasteiger partial charge in [-0.15, -0.1) is 0 Å². The Balaban J connectivity index is 2.31. The van der Waals surface area contributed by atoms with Crippen LogP contribution in [0.4, 0.5) is 10.7 Å². The molecule has 82 valence electrons. The number of nitrogens with one attached hydrogen (secondary N) is 1. The van der Waals surface area contributed by atoms with E-state index in [4.69, 9.17) is 4.84 Å². The Bertz CT molecular complexity index is 354. The van der Waals surface area contributed by atoms with Crippen LogP contribution in [-0.4, -0.2) is 50.8 Å². The van der Waals surface area contributed by atoms with Crippen molar-refractivity contribution < 1.29 is 14.7 Å². The first-order valence-corrected chi connectivity index (χ1v) is 4.36. The fourth-order valence-electron chi connectivity index (χ4n) is 1.51. The molecule has 0 aromatic carbocycles. The molecule has 2 heterocycles. The molecular formula is C7H11N5O3. The first-order valence-electron chi connectivity index (χ1n) is 4.36. The average Bonchev–Trinajstić information content (AvgIpc) is 2.77. The number of aliphatic hydroxyl groups is 1. The van der Waals surface area contributed by atoms with E-state index < -0.39 is 18.3 Å². The molecule has 2 atom stereocenters. The number of carbonyl (C=O) groups is 1. The number of hydrogen-bond acceptors (Lipinski definition) is 5. The van der Waals surface area contributed by atoms with Gasteiger partial charge in [-0.1, -0.05) is 0 Å². The van der Waals surface area contributed by atoms with E-state index in [1.807, 2.05) is 0 Å². The van der Waals surface area contributed by atoms with Crippen LogP contribution in [0.25, 0.3) is 0 Å². The molecule has 8 nitrogen and oxygen atoms in total. The van der Waals surface area contributed by atoms with Gasteiger partial charge in [0.2, 0.25) is 5.95 Å². The molecule has 0 radical (unpaired) electrons. The van der Waals surface area contributed by atoms with Crippen LogP contribution in [0.5, 0.6) is 0 Å². The summed E-state index contributed by atoms with van der Waals surface area (Å²) in [5, 5.41) is 17.0. The summed E-state index contributed by atoms with van der Waals surface area (Å²) in [5.74, 6) is 0.193. The molecule has 2 rings (SSSR count). The summed E-state index contributed by atoms with van der Waals surface area (Å²) in [6, 6.07) is -0.943. The van der Waals surface area contributed by atoms with E-state index >= 15 is 0 Å². The first kappa shape index (κ1) is 9.87. The number of anilines is 1. The average molecular weight is 213 g/mol. The third-order valence-electron chi connectivity index (χ3n) is 2.29. The molecule has 1 fully saturated rings. The maximum atomic E-state index is 11.7. The minimum absolute atomic E-state index is 0.193. The zero-order valence-corrected chi connectivity index (χ0v) is 8.28. The molecule has 1 aliphatic rings. The van der Waals surface area contributed by atoms with Gasteiger partial charge in [0, 0.05) is 0 Å².